The molecule has 1 aliphatic carbocycles. The number of carbonyl (C=O) groups is 2. The number of methoxy groups -OCH3 is 1. The number of ether oxygens (including phenoxy) is 2. The first-order valence-corrected chi connectivity index (χ1v) is 14.0. The second-order valence-electron chi connectivity index (χ2n) is 9.96. The molecule has 2 aromatic carbocycles. The predicted octanol–water partition coefficient (Wildman–Crippen LogP) is 4.77. The molecular formula is C29H36O5Si. The maximum Gasteiger partial charge on any atom is 0.337 e. The molecule has 0 unspecified atom stereocenters. The van der Waals surface area contributed by atoms with E-state index in [2.05, 4.69) is 81.5 Å². The molecule has 0 aliphatic heterocycles. The van der Waals surface area contributed by atoms with Crippen LogP contribution in [0, 0.1) is 11.8 Å². The van der Waals surface area contributed by atoms with E-state index >= 15 is 0 Å². The zero-order valence-electron chi connectivity index (χ0n) is 21.3. The summed E-state index contributed by atoms with van der Waals surface area (Å²) in [5.74, 6) is -1.10. The molecule has 0 N–H and O–H groups in total. The molecule has 5 nitrogen and oxygen atoms in total. The Kier molecular flexibility index (Phi) is 8.86. The summed E-state index contributed by atoms with van der Waals surface area (Å²) < 4.78 is 17.3. The fourth-order valence-corrected chi connectivity index (χ4v) is 9.60. The average Bonchev–Trinajstić information content (AvgIpc) is 2.85. The van der Waals surface area contributed by atoms with Gasteiger partial charge in [0.25, 0.3) is 8.32 Å². The minimum atomic E-state index is -2.71. The topological polar surface area (TPSA) is 61.8 Å². The first-order valence-electron chi connectivity index (χ1n) is 12.1. The van der Waals surface area contributed by atoms with Gasteiger partial charge in [0.05, 0.1) is 12.7 Å². The Hall–Kier alpha value is -2.96. The molecule has 3 rings (SSSR count). The van der Waals surface area contributed by atoms with Crippen LogP contribution in [0.5, 0.6) is 0 Å². The lowest BCUT2D eigenvalue weighted by Gasteiger charge is -2.44. The smallest absolute Gasteiger partial charge is 0.337 e. The van der Waals surface area contributed by atoms with Gasteiger partial charge in [-0.3, -0.25) is 4.79 Å². The average molecular weight is 493 g/mol. The minimum Gasteiger partial charge on any atom is -0.466 e. The Morgan fingerprint density at radius 1 is 0.943 bits per heavy atom. The monoisotopic (exact) mass is 492 g/mol. The highest BCUT2D eigenvalue weighted by molar-refractivity contribution is 6.99. The highest BCUT2D eigenvalue weighted by Crippen LogP contribution is 2.39. The predicted molar refractivity (Wildman–Crippen MR) is 141 cm³/mol. The summed E-state index contributed by atoms with van der Waals surface area (Å²) >= 11 is 0. The van der Waals surface area contributed by atoms with Crippen LogP contribution in [0.2, 0.25) is 5.04 Å². The van der Waals surface area contributed by atoms with Gasteiger partial charge in [0.15, 0.2) is 0 Å². The minimum absolute atomic E-state index is 0.0301. The first kappa shape index (κ1) is 26.6. The summed E-state index contributed by atoms with van der Waals surface area (Å²) in [6.45, 7) is 8.53. The van der Waals surface area contributed by atoms with E-state index < -0.39 is 20.3 Å². The highest BCUT2D eigenvalue weighted by atomic mass is 28.4. The lowest BCUT2D eigenvalue weighted by atomic mass is 9.79. The van der Waals surface area contributed by atoms with Crippen LogP contribution in [0.25, 0.3) is 0 Å². The molecule has 0 saturated heterocycles. The van der Waals surface area contributed by atoms with Crippen molar-refractivity contribution in [1.29, 1.82) is 0 Å². The quantitative estimate of drug-likeness (QED) is 0.175. The van der Waals surface area contributed by atoms with Crippen molar-refractivity contribution >= 4 is 30.6 Å². The lowest BCUT2D eigenvalue weighted by molar-refractivity contribution is -0.138. The van der Waals surface area contributed by atoms with Crippen LogP contribution < -0.4 is 10.4 Å². The van der Waals surface area contributed by atoms with E-state index in [0.717, 1.165) is 6.42 Å². The van der Waals surface area contributed by atoms with Gasteiger partial charge in [-0.15, -0.1) is 0 Å². The molecule has 35 heavy (non-hydrogen) atoms. The van der Waals surface area contributed by atoms with Crippen molar-refractivity contribution < 1.29 is 23.5 Å². The van der Waals surface area contributed by atoms with Crippen molar-refractivity contribution in [3.05, 3.63) is 84.7 Å². The fourth-order valence-electron chi connectivity index (χ4n) is 4.98. The van der Waals surface area contributed by atoms with Crippen molar-refractivity contribution in [1.82, 2.24) is 0 Å². The number of esters is 2. The molecule has 2 atom stereocenters. The van der Waals surface area contributed by atoms with E-state index in [1.165, 1.54) is 30.7 Å². The molecule has 0 heterocycles. The molecule has 0 saturated carbocycles. The first-order chi connectivity index (χ1) is 16.7. The molecule has 0 amide bonds. The number of benzene rings is 2. The van der Waals surface area contributed by atoms with Gasteiger partial charge in [0.1, 0.15) is 6.26 Å². The van der Waals surface area contributed by atoms with Crippen LogP contribution in [0.4, 0.5) is 0 Å². The number of hydrogen-bond donors (Lipinski definition) is 0. The Bertz CT molecular complexity index is 1010. The van der Waals surface area contributed by atoms with Crippen LogP contribution in [0.15, 0.2) is 84.7 Å². The normalized spacial score (nSPS) is 18.7. The summed E-state index contributed by atoms with van der Waals surface area (Å²) in [5, 5.41) is 2.28. The Balaban J connectivity index is 2.02. The van der Waals surface area contributed by atoms with Crippen LogP contribution >= 0.6 is 0 Å². The second-order valence-corrected chi connectivity index (χ2v) is 14.3. The van der Waals surface area contributed by atoms with Gasteiger partial charge < -0.3 is 13.9 Å². The summed E-state index contributed by atoms with van der Waals surface area (Å²) in [4.78, 5) is 24.1. The van der Waals surface area contributed by atoms with E-state index in [4.69, 9.17) is 13.9 Å². The van der Waals surface area contributed by atoms with Gasteiger partial charge >= 0.3 is 11.9 Å². The van der Waals surface area contributed by atoms with Gasteiger partial charge in [-0.2, -0.15) is 0 Å². The third kappa shape index (κ3) is 6.00. The van der Waals surface area contributed by atoms with Gasteiger partial charge in [0.2, 0.25) is 0 Å². The number of rotatable bonds is 8. The second kappa shape index (κ2) is 11.6. The van der Waals surface area contributed by atoms with E-state index in [1.54, 1.807) is 0 Å². The van der Waals surface area contributed by atoms with E-state index in [0.29, 0.717) is 18.6 Å². The standard InChI is InChI=1S/C29H36O5Si/c1-22(30)33-21-27(28(31)32-5)26-19-13-12-14-23(26)20-34-35(29(2,3)4,24-15-8-6-9-16-24)25-17-10-7-11-18-25/h6-13,15-18,21,23,26H,14,19-20H2,1-5H3/b27-21-/t23-,26-/m0/s1. The highest BCUT2D eigenvalue weighted by Gasteiger charge is 2.50. The van der Waals surface area contributed by atoms with Crippen molar-refractivity contribution in [2.75, 3.05) is 13.7 Å². The van der Waals surface area contributed by atoms with Crippen molar-refractivity contribution in [3.8, 4) is 0 Å². The van der Waals surface area contributed by atoms with Crippen LogP contribution in [0.1, 0.15) is 40.5 Å². The summed E-state index contributed by atoms with van der Waals surface area (Å²) in [7, 11) is -1.37. The Morgan fingerprint density at radius 2 is 1.49 bits per heavy atom. The maximum absolute atomic E-state index is 12.6. The van der Waals surface area contributed by atoms with Gasteiger partial charge in [-0.05, 0) is 34.2 Å². The molecule has 2 aromatic rings. The summed E-state index contributed by atoms with van der Waals surface area (Å²) in [5.41, 5.74) is 0.364. The molecule has 0 aromatic heterocycles. The summed E-state index contributed by atoms with van der Waals surface area (Å²) in [6.07, 6.45) is 6.87. The molecule has 6 heteroatoms. The van der Waals surface area contributed by atoms with E-state index in [9.17, 15) is 9.59 Å². The van der Waals surface area contributed by atoms with Gasteiger partial charge in [0, 0.05) is 19.4 Å². The van der Waals surface area contributed by atoms with Crippen molar-refractivity contribution in [2.24, 2.45) is 11.8 Å². The maximum atomic E-state index is 12.6. The van der Waals surface area contributed by atoms with Gasteiger partial charge in [-0.1, -0.05) is 93.6 Å². The van der Waals surface area contributed by atoms with Crippen LogP contribution in [0.3, 0.4) is 0 Å². The van der Waals surface area contributed by atoms with Crippen molar-refractivity contribution in [2.45, 2.75) is 45.6 Å². The molecule has 0 fully saturated rings. The number of carbonyl (C=O) groups excluding carboxylic acids is 2. The molecule has 186 valence electrons. The van der Waals surface area contributed by atoms with E-state index in [-0.39, 0.29) is 16.9 Å². The third-order valence-corrected chi connectivity index (χ3v) is 11.7. The number of hydrogen-bond acceptors (Lipinski definition) is 5. The molecular weight excluding hydrogens is 456 g/mol. The molecule has 0 bridgehead atoms. The fraction of sp³-hybridized carbons (Fsp3) is 0.379. The summed E-state index contributed by atoms with van der Waals surface area (Å²) in [6, 6.07) is 21.0. The SMILES string of the molecule is COC(=O)/C(=C\OC(C)=O)[C@H]1CC=CC[C@H]1CO[Si](c1ccccc1)(c1ccccc1)C(C)(C)C. The Labute approximate surface area is 209 Å². The largest absolute Gasteiger partial charge is 0.466 e. The lowest BCUT2D eigenvalue weighted by Crippen LogP contribution is -2.67. The molecule has 0 spiro atoms. The van der Waals surface area contributed by atoms with Crippen LogP contribution in [-0.4, -0.2) is 34.0 Å². The number of allylic oxidation sites excluding steroid dienone is 2. The van der Waals surface area contributed by atoms with Gasteiger partial charge in [-0.25, -0.2) is 4.79 Å². The molecule has 1 aliphatic rings. The third-order valence-electron chi connectivity index (χ3n) is 6.67. The van der Waals surface area contributed by atoms with Crippen LogP contribution in [-0.2, 0) is 23.5 Å². The zero-order valence-corrected chi connectivity index (χ0v) is 22.3. The molecule has 0 radical (unpaired) electrons. The zero-order chi connectivity index (χ0) is 25.5. The Morgan fingerprint density at radius 3 is 1.97 bits per heavy atom. The van der Waals surface area contributed by atoms with Crippen molar-refractivity contribution in [3.63, 3.8) is 0 Å². The van der Waals surface area contributed by atoms with E-state index in [1.807, 2.05) is 12.1 Å².